The zero-order chi connectivity index (χ0) is 12.3. The standard InChI is InChI=1S/C11H17N3O2S/c1-8-12-13-11(17-8)14-6-4-3-5-9(14)7-10(15)16-2/h9H,3-7H2,1-2H3. The zero-order valence-corrected chi connectivity index (χ0v) is 11.0. The molecule has 1 fully saturated rings. The molecule has 2 rings (SSSR count). The lowest BCUT2D eigenvalue weighted by Gasteiger charge is -2.34. The van der Waals surface area contributed by atoms with Crippen LogP contribution < -0.4 is 4.90 Å². The molecule has 1 saturated heterocycles. The smallest absolute Gasteiger partial charge is 0.307 e. The second-order valence-corrected chi connectivity index (χ2v) is 5.39. The number of esters is 1. The summed E-state index contributed by atoms with van der Waals surface area (Å²) in [5.74, 6) is -0.150. The van der Waals surface area contributed by atoms with Crippen molar-refractivity contribution in [2.24, 2.45) is 0 Å². The maximum atomic E-state index is 11.4. The van der Waals surface area contributed by atoms with Crippen molar-refractivity contribution >= 4 is 22.4 Å². The molecular weight excluding hydrogens is 238 g/mol. The van der Waals surface area contributed by atoms with Crippen LogP contribution in [-0.4, -0.2) is 35.9 Å². The number of ether oxygens (including phenoxy) is 1. The molecule has 0 aromatic carbocycles. The van der Waals surface area contributed by atoms with Gasteiger partial charge in [0.1, 0.15) is 5.01 Å². The Labute approximate surface area is 105 Å². The Hall–Kier alpha value is -1.17. The molecule has 17 heavy (non-hydrogen) atoms. The summed E-state index contributed by atoms with van der Waals surface area (Å²) >= 11 is 1.58. The van der Waals surface area contributed by atoms with Crippen LogP contribution in [0, 0.1) is 6.92 Å². The van der Waals surface area contributed by atoms with Gasteiger partial charge in [0.15, 0.2) is 0 Å². The van der Waals surface area contributed by atoms with Crippen molar-refractivity contribution in [2.75, 3.05) is 18.6 Å². The van der Waals surface area contributed by atoms with Crippen LogP contribution in [0.25, 0.3) is 0 Å². The third kappa shape index (κ3) is 2.94. The van der Waals surface area contributed by atoms with Gasteiger partial charge in [0.25, 0.3) is 0 Å². The van der Waals surface area contributed by atoms with Crippen LogP contribution in [-0.2, 0) is 9.53 Å². The number of anilines is 1. The first-order valence-electron chi connectivity index (χ1n) is 5.84. The summed E-state index contributed by atoms with van der Waals surface area (Å²) in [6, 6.07) is 0.212. The minimum atomic E-state index is -0.150. The monoisotopic (exact) mass is 255 g/mol. The van der Waals surface area contributed by atoms with Gasteiger partial charge in [-0.05, 0) is 26.2 Å². The van der Waals surface area contributed by atoms with E-state index in [9.17, 15) is 4.79 Å². The van der Waals surface area contributed by atoms with Crippen LogP contribution in [0.15, 0.2) is 0 Å². The lowest BCUT2D eigenvalue weighted by molar-refractivity contribution is -0.141. The van der Waals surface area contributed by atoms with E-state index in [0.29, 0.717) is 6.42 Å². The maximum absolute atomic E-state index is 11.4. The number of nitrogens with zero attached hydrogens (tertiary/aromatic N) is 3. The van der Waals surface area contributed by atoms with Gasteiger partial charge in [-0.2, -0.15) is 0 Å². The average Bonchev–Trinajstić information content (AvgIpc) is 2.76. The van der Waals surface area contributed by atoms with Crippen LogP contribution in [0.5, 0.6) is 0 Å². The first-order valence-corrected chi connectivity index (χ1v) is 6.66. The van der Waals surface area contributed by atoms with E-state index in [1.54, 1.807) is 11.3 Å². The highest BCUT2D eigenvalue weighted by Crippen LogP contribution is 2.28. The van der Waals surface area contributed by atoms with Gasteiger partial charge >= 0.3 is 5.97 Å². The van der Waals surface area contributed by atoms with Crippen molar-refractivity contribution in [3.8, 4) is 0 Å². The number of piperidine rings is 1. The lowest BCUT2D eigenvalue weighted by Crippen LogP contribution is -2.41. The van der Waals surface area contributed by atoms with E-state index in [1.165, 1.54) is 7.11 Å². The highest BCUT2D eigenvalue weighted by Gasteiger charge is 2.27. The Kier molecular flexibility index (Phi) is 3.93. The summed E-state index contributed by atoms with van der Waals surface area (Å²) in [7, 11) is 1.44. The highest BCUT2D eigenvalue weighted by atomic mass is 32.1. The Morgan fingerprint density at radius 3 is 3.00 bits per heavy atom. The number of carbonyl (C=O) groups excluding carboxylic acids is 1. The Bertz CT molecular complexity index is 394. The number of aromatic nitrogens is 2. The fourth-order valence-corrected chi connectivity index (χ4v) is 2.93. The second-order valence-electron chi connectivity index (χ2n) is 4.23. The van der Waals surface area contributed by atoms with Gasteiger partial charge in [0.2, 0.25) is 5.13 Å². The van der Waals surface area contributed by atoms with Gasteiger partial charge in [0, 0.05) is 12.6 Å². The SMILES string of the molecule is COC(=O)CC1CCCCN1c1nnc(C)s1. The van der Waals surface area contributed by atoms with Gasteiger partial charge in [-0.3, -0.25) is 4.79 Å². The molecule has 1 aliphatic rings. The summed E-state index contributed by atoms with van der Waals surface area (Å²) in [4.78, 5) is 13.6. The van der Waals surface area contributed by atoms with Crippen molar-refractivity contribution in [3.05, 3.63) is 5.01 Å². The predicted octanol–water partition coefficient (Wildman–Crippen LogP) is 1.77. The molecule has 1 unspecified atom stereocenters. The van der Waals surface area contributed by atoms with Gasteiger partial charge < -0.3 is 9.64 Å². The van der Waals surface area contributed by atoms with Crippen LogP contribution in [0.1, 0.15) is 30.7 Å². The Balaban J connectivity index is 2.09. The van der Waals surface area contributed by atoms with Crippen molar-refractivity contribution in [3.63, 3.8) is 0 Å². The number of hydrogen-bond acceptors (Lipinski definition) is 6. The van der Waals surface area contributed by atoms with E-state index in [-0.39, 0.29) is 12.0 Å². The fourth-order valence-electron chi connectivity index (χ4n) is 2.14. The summed E-state index contributed by atoms with van der Waals surface area (Å²) in [6.07, 6.45) is 3.77. The number of aryl methyl sites for hydroxylation is 1. The molecule has 6 heteroatoms. The number of carbonyl (C=O) groups is 1. The molecule has 94 valence electrons. The summed E-state index contributed by atoms with van der Waals surface area (Å²) in [5.41, 5.74) is 0. The van der Waals surface area contributed by atoms with E-state index < -0.39 is 0 Å². The molecule has 1 aromatic rings. The molecule has 0 amide bonds. The number of rotatable bonds is 3. The molecule has 1 atom stereocenters. The second kappa shape index (κ2) is 5.44. The van der Waals surface area contributed by atoms with Crippen molar-refractivity contribution in [1.29, 1.82) is 0 Å². The first kappa shape index (κ1) is 12.3. The molecule has 1 aromatic heterocycles. The van der Waals surface area contributed by atoms with Gasteiger partial charge in [-0.25, -0.2) is 0 Å². The quantitative estimate of drug-likeness (QED) is 0.770. The van der Waals surface area contributed by atoms with E-state index in [0.717, 1.165) is 35.9 Å². The van der Waals surface area contributed by atoms with Gasteiger partial charge in [-0.1, -0.05) is 11.3 Å². The molecule has 0 aliphatic carbocycles. The molecule has 0 saturated carbocycles. The topological polar surface area (TPSA) is 55.3 Å². The molecule has 0 bridgehead atoms. The minimum Gasteiger partial charge on any atom is -0.469 e. The third-order valence-electron chi connectivity index (χ3n) is 3.02. The highest BCUT2D eigenvalue weighted by molar-refractivity contribution is 7.15. The van der Waals surface area contributed by atoms with E-state index >= 15 is 0 Å². The molecule has 1 aliphatic heterocycles. The predicted molar refractivity (Wildman–Crippen MR) is 66.3 cm³/mol. The van der Waals surface area contributed by atoms with Crippen molar-refractivity contribution in [2.45, 2.75) is 38.6 Å². The first-order chi connectivity index (χ1) is 8.20. The summed E-state index contributed by atoms with van der Waals surface area (Å²) in [5, 5.41) is 10.1. The maximum Gasteiger partial charge on any atom is 0.307 e. The summed E-state index contributed by atoms with van der Waals surface area (Å²) in [6.45, 7) is 2.90. The van der Waals surface area contributed by atoms with Gasteiger partial charge in [0.05, 0.1) is 13.5 Å². The van der Waals surface area contributed by atoms with E-state index in [2.05, 4.69) is 15.1 Å². The van der Waals surface area contributed by atoms with Crippen LogP contribution >= 0.6 is 11.3 Å². The van der Waals surface area contributed by atoms with Crippen LogP contribution in [0.3, 0.4) is 0 Å². The normalized spacial score (nSPS) is 20.4. The van der Waals surface area contributed by atoms with Crippen LogP contribution in [0.4, 0.5) is 5.13 Å². The zero-order valence-electron chi connectivity index (χ0n) is 10.2. The third-order valence-corrected chi connectivity index (χ3v) is 3.89. The van der Waals surface area contributed by atoms with Crippen molar-refractivity contribution in [1.82, 2.24) is 10.2 Å². The molecule has 0 N–H and O–H groups in total. The Morgan fingerprint density at radius 1 is 1.53 bits per heavy atom. The minimum absolute atomic E-state index is 0.150. The molecule has 5 nitrogen and oxygen atoms in total. The summed E-state index contributed by atoms with van der Waals surface area (Å²) < 4.78 is 4.74. The lowest BCUT2D eigenvalue weighted by atomic mass is 10.0. The molecule has 2 heterocycles. The van der Waals surface area contributed by atoms with E-state index in [4.69, 9.17) is 4.74 Å². The molecule has 0 spiro atoms. The van der Waals surface area contributed by atoms with E-state index in [1.807, 2.05) is 6.92 Å². The van der Waals surface area contributed by atoms with Gasteiger partial charge in [-0.15, -0.1) is 10.2 Å². The molecular formula is C11H17N3O2S. The fraction of sp³-hybridized carbons (Fsp3) is 0.727. The average molecular weight is 255 g/mol. The number of methoxy groups -OCH3 is 1. The Morgan fingerprint density at radius 2 is 2.35 bits per heavy atom. The van der Waals surface area contributed by atoms with Crippen LogP contribution in [0.2, 0.25) is 0 Å². The number of hydrogen-bond donors (Lipinski definition) is 0. The largest absolute Gasteiger partial charge is 0.469 e. The molecule has 0 radical (unpaired) electrons. The van der Waals surface area contributed by atoms with Crippen molar-refractivity contribution < 1.29 is 9.53 Å².